The van der Waals surface area contributed by atoms with Crippen molar-refractivity contribution in [2.24, 2.45) is 11.8 Å². The van der Waals surface area contributed by atoms with Gasteiger partial charge >= 0.3 is 0 Å². The Morgan fingerprint density at radius 2 is 1.62 bits per heavy atom. The average Bonchev–Trinajstić information content (AvgIpc) is 2.78. The molecule has 0 radical (unpaired) electrons. The first-order valence-corrected chi connectivity index (χ1v) is 16.2. The largest absolute Gasteiger partial charge is 0.485 e. The Morgan fingerprint density at radius 1 is 0.969 bits per heavy atom. The van der Waals surface area contributed by atoms with Gasteiger partial charge in [0.2, 0.25) is 0 Å². The maximum Gasteiger partial charge on any atom is 0.272 e. The van der Waals surface area contributed by atoms with Crippen molar-refractivity contribution in [2.75, 3.05) is 6.61 Å². The fraction of sp³-hybridized carbons (Fsp3) is 0.778. The van der Waals surface area contributed by atoms with Crippen LogP contribution in [0.2, 0.25) is 24.7 Å². The first-order chi connectivity index (χ1) is 15.4. The zero-order valence-electron chi connectivity index (χ0n) is 20.2. The molecule has 0 aromatic heterocycles. The topological polar surface area (TPSA) is 9.23 Å². The van der Waals surface area contributed by atoms with Gasteiger partial charge in [-0.1, -0.05) is 82.6 Å². The van der Waals surface area contributed by atoms with Crippen molar-refractivity contribution in [3.63, 3.8) is 0 Å². The number of alkyl halides is 2. The maximum absolute atomic E-state index is 14.2. The van der Waals surface area contributed by atoms with Crippen molar-refractivity contribution in [1.29, 1.82) is 0 Å². The first kappa shape index (κ1) is 25.6. The van der Waals surface area contributed by atoms with Gasteiger partial charge in [0.05, 0.1) is 8.07 Å². The summed E-state index contributed by atoms with van der Waals surface area (Å²) in [5, 5.41) is 0. The molecule has 182 valence electrons. The Hall–Kier alpha value is -0.973. The van der Waals surface area contributed by atoms with Crippen molar-refractivity contribution in [2.45, 2.75) is 115 Å². The molecule has 0 unspecified atom stereocenters. The lowest BCUT2D eigenvalue weighted by Gasteiger charge is -2.37. The van der Waals surface area contributed by atoms with Crippen LogP contribution in [0.4, 0.5) is 13.2 Å². The number of unbranched alkanes of at least 4 members (excludes halogenated alkanes) is 2. The summed E-state index contributed by atoms with van der Waals surface area (Å²) in [5.41, 5.74) is 0.991. The molecular weight excluding hydrogens is 425 g/mol. The summed E-state index contributed by atoms with van der Waals surface area (Å²) in [6.45, 7) is 4.19. The quantitative estimate of drug-likeness (QED) is 0.232. The van der Waals surface area contributed by atoms with Crippen LogP contribution in [-0.4, -0.2) is 21.1 Å². The number of ether oxygens (including phenoxy) is 1. The highest BCUT2D eigenvalue weighted by Crippen LogP contribution is 2.42. The van der Waals surface area contributed by atoms with Crippen molar-refractivity contribution >= 4 is 8.07 Å². The number of hydrogen-bond acceptors (Lipinski definition) is 1. The highest BCUT2D eigenvalue weighted by Gasteiger charge is 2.32. The SMILES string of the molecule is CCCCC[Si]1(C)CCC(CCC2CCC(c3ccc(OCC(F)F)c(F)c3)CC2)CC1. The molecule has 1 saturated heterocycles. The monoisotopic (exact) mass is 468 g/mol. The molecule has 1 aliphatic heterocycles. The third kappa shape index (κ3) is 7.81. The van der Waals surface area contributed by atoms with Crippen LogP contribution in [0, 0.1) is 17.7 Å². The van der Waals surface area contributed by atoms with Crippen LogP contribution in [-0.2, 0) is 0 Å². The lowest BCUT2D eigenvalue weighted by molar-refractivity contribution is 0.0799. The summed E-state index contributed by atoms with van der Waals surface area (Å²) in [6.07, 6.45) is 12.0. The van der Waals surface area contributed by atoms with E-state index in [1.165, 1.54) is 69.9 Å². The number of halogens is 3. The standard InChI is InChI=1S/C27H43F3OSi/c1-3-4-5-16-32(2)17-14-22(15-18-32)7-6-21-8-10-23(11-9-21)24-12-13-26(25(28)19-24)31-20-27(29)30/h12-13,19,21-23,27H,3-11,14-18,20H2,1-2H3. The highest BCUT2D eigenvalue weighted by molar-refractivity contribution is 6.78. The van der Waals surface area contributed by atoms with Crippen LogP contribution >= 0.6 is 0 Å². The van der Waals surface area contributed by atoms with Gasteiger partial charge in [0.1, 0.15) is 6.61 Å². The number of rotatable bonds is 11. The molecule has 0 spiro atoms. The van der Waals surface area contributed by atoms with Gasteiger partial charge in [0.25, 0.3) is 6.43 Å². The van der Waals surface area contributed by atoms with E-state index in [4.69, 9.17) is 4.74 Å². The molecular formula is C27H43F3OSi. The number of hydrogen-bond donors (Lipinski definition) is 0. The molecule has 2 fully saturated rings. The molecule has 1 aromatic carbocycles. The van der Waals surface area contributed by atoms with E-state index < -0.39 is 26.9 Å². The van der Waals surface area contributed by atoms with Gasteiger partial charge in [0.15, 0.2) is 11.6 Å². The van der Waals surface area contributed by atoms with Gasteiger partial charge in [-0.05, 0) is 61.1 Å². The second-order valence-corrected chi connectivity index (χ2v) is 16.0. The zero-order chi connectivity index (χ0) is 23.0. The summed E-state index contributed by atoms with van der Waals surface area (Å²) in [5.74, 6) is 1.57. The summed E-state index contributed by atoms with van der Waals surface area (Å²) in [6, 6.07) is 9.53. The Bertz CT molecular complexity index is 679. The highest BCUT2D eigenvalue weighted by atomic mass is 28.3. The third-order valence-corrected chi connectivity index (χ3v) is 12.9. The molecule has 0 atom stereocenters. The summed E-state index contributed by atoms with van der Waals surface area (Å²) >= 11 is 0. The fourth-order valence-electron chi connectivity index (χ4n) is 6.01. The minimum absolute atomic E-state index is 0.0697. The summed E-state index contributed by atoms with van der Waals surface area (Å²) < 4.78 is 43.7. The predicted molar refractivity (Wildman–Crippen MR) is 130 cm³/mol. The normalized spacial score (nSPS) is 28.8. The summed E-state index contributed by atoms with van der Waals surface area (Å²) in [7, 11) is -0.927. The van der Waals surface area contributed by atoms with Crippen molar-refractivity contribution in [3.05, 3.63) is 29.6 Å². The average molecular weight is 469 g/mol. The number of benzene rings is 1. The summed E-state index contributed by atoms with van der Waals surface area (Å²) in [4.78, 5) is 0. The van der Waals surface area contributed by atoms with E-state index in [-0.39, 0.29) is 5.75 Å². The zero-order valence-corrected chi connectivity index (χ0v) is 21.2. The van der Waals surface area contributed by atoms with Crippen LogP contribution in [0.25, 0.3) is 0 Å². The molecule has 5 heteroatoms. The van der Waals surface area contributed by atoms with E-state index in [1.807, 2.05) is 6.07 Å². The molecule has 2 aliphatic rings. The van der Waals surface area contributed by atoms with E-state index in [9.17, 15) is 13.2 Å². The second kappa shape index (κ2) is 12.5. The Morgan fingerprint density at radius 3 is 2.22 bits per heavy atom. The van der Waals surface area contributed by atoms with Crippen molar-refractivity contribution < 1.29 is 17.9 Å². The second-order valence-electron chi connectivity index (χ2n) is 10.9. The Kier molecular flexibility index (Phi) is 10.0. The van der Waals surface area contributed by atoms with Gasteiger partial charge in [-0.25, -0.2) is 13.2 Å². The lowest BCUT2D eigenvalue weighted by atomic mass is 9.76. The van der Waals surface area contributed by atoms with Gasteiger partial charge in [-0.2, -0.15) is 0 Å². The van der Waals surface area contributed by atoms with Crippen molar-refractivity contribution in [3.8, 4) is 5.75 Å². The smallest absolute Gasteiger partial charge is 0.272 e. The first-order valence-electron chi connectivity index (χ1n) is 13.1. The van der Waals surface area contributed by atoms with Gasteiger partial charge in [0, 0.05) is 0 Å². The predicted octanol–water partition coefficient (Wildman–Crippen LogP) is 9.20. The van der Waals surface area contributed by atoms with E-state index in [1.54, 1.807) is 18.1 Å². The van der Waals surface area contributed by atoms with Gasteiger partial charge in [-0.3, -0.25) is 0 Å². The molecule has 1 saturated carbocycles. The molecule has 1 aromatic rings. The molecule has 0 N–H and O–H groups in total. The molecule has 0 bridgehead atoms. The lowest BCUT2D eigenvalue weighted by Crippen LogP contribution is -2.34. The molecule has 1 nitrogen and oxygen atoms in total. The third-order valence-electron chi connectivity index (χ3n) is 8.32. The van der Waals surface area contributed by atoms with E-state index in [0.29, 0.717) is 5.92 Å². The van der Waals surface area contributed by atoms with E-state index in [0.717, 1.165) is 30.2 Å². The van der Waals surface area contributed by atoms with Crippen LogP contribution in [0.5, 0.6) is 5.75 Å². The molecule has 1 heterocycles. The van der Waals surface area contributed by atoms with Gasteiger partial charge in [-0.15, -0.1) is 0 Å². The minimum atomic E-state index is -2.59. The molecule has 3 rings (SSSR count). The molecule has 0 amide bonds. The van der Waals surface area contributed by atoms with E-state index >= 15 is 0 Å². The van der Waals surface area contributed by atoms with Crippen LogP contribution in [0.15, 0.2) is 18.2 Å². The van der Waals surface area contributed by atoms with Crippen LogP contribution < -0.4 is 4.74 Å². The van der Waals surface area contributed by atoms with E-state index in [2.05, 4.69) is 13.5 Å². The van der Waals surface area contributed by atoms with Gasteiger partial charge < -0.3 is 4.74 Å². The maximum atomic E-state index is 14.2. The van der Waals surface area contributed by atoms with Crippen molar-refractivity contribution in [1.82, 2.24) is 0 Å². The van der Waals surface area contributed by atoms with Crippen LogP contribution in [0.1, 0.15) is 89.0 Å². The Labute approximate surface area is 194 Å². The molecule has 32 heavy (non-hydrogen) atoms. The fourth-order valence-corrected chi connectivity index (χ4v) is 10.1. The Balaban J connectivity index is 1.36. The molecule has 1 aliphatic carbocycles. The minimum Gasteiger partial charge on any atom is -0.485 e. The van der Waals surface area contributed by atoms with Crippen LogP contribution in [0.3, 0.4) is 0 Å².